The molecule has 0 aliphatic carbocycles. The second kappa shape index (κ2) is 9.39. The zero-order valence-electron chi connectivity index (χ0n) is 19.7. The number of benzene rings is 3. The van der Waals surface area contributed by atoms with E-state index in [0.717, 1.165) is 33.5 Å². The fourth-order valence-electron chi connectivity index (χ4n) is 4.21. The summed E-state index contributed by atoms with van der Waals surface area (Å²) in [6.45, 7) is 6.42. The van der Waals surface area contributed by atoms with Gasteiger partial charge >= 0.3 is 6.03 Å². The monoisotopic (exact) mass is 484 g/mol. The summed E-state index contributed by atoms with van der Waals surface area (Å²) in [5, 5.41) is 7.95. The predicted molar refractivity (Wildman–Crippen MR) is 137 cm³/mol. The lowest BCUT2D eigenvalue weighted by molar-refractivity contribution is 0.203. The summed E-state index contributed by atoms with van der Waals surface area (Å²) in [4.78, 5) is 19.7. The first-order valence-corrected chi connectivity index (χ1v) is 11.8. The van der Waals surface area contributed by atoms with Crippen LogP contribution in [0.25, 0.3) is 17.0 Å². The number of carbonyl (C=O) groups excluding carboxylic acids is 1. The van der Waals surface area contributed by atoms with Crippen molar-refractivity contribution in [1.29, 1.82) is 0 Å². The van der Waals surface area contributed by atoms with Crippen LogP contribution in [0.5, 0.6) is 0 Å². The average molecular weight is 485 g/mol. The van der Waals surface area contributed by atoms with E-state index in [2.05, 4.69) is 10.5 Å². The number of urea groups is 1. The number of aromatic nitrogens is 2. The molecule has 7 heteroatoms. The Kier molecular flexibility index (Phi) is 6.14. The normalized spacial score (nSPS) is 15.9. The maximum absolute atomic E-state index is 13.3. The van der Waals surface area contributed by atoms with Crippen LogP contribution in [0.1, 0.15) is 41.1 Å². The van der Waals surface area contributed by atoms with Crippen molar-refractivity contribution in [3.05, 3.63) is 112 Å². The van der Waals surface area contributed by atoms with E-state index < -0.39 is 6.04 Å². The van der Waals surface area contributed by atoms with E-state index in [0.29, 0.717) is 23.3 Å². The van der Waals surface area contributed by atoms with Crippen molar-refractivity contribution in [2.75, 3.05) is 0 Å². The number of halogens is 1. The maximum Gasteiger partial charge on any atom is 0.322 e. The van der Waals surface area contributed by atoms with Crippen molar-refractivity contribution in [2.24, 2.45) is 0 Å². The Labute approximate surface area is 209 Å². The maximum atomic E-state index is 13.3. The highest BCUT2D eigenvalue weighted by atomic mass is 35.5. The zero-order valence-corrected chi connectivity index (χ0v) is 20.5. The number of nitrogens with zero attached hydrogens (tertiary/aromatic N) is 3. The lowest BCUT2D eigenvalue weighted by atomic mass is 9.94. The SMILES string of the molecule is CC1=C(c2nc(-c3cccc(Cl)c3)no2)C(c2ccc(C)cc2)NC(=O)N1Cc1ccc(C)cc1. The first-order valence-electron chi connectivity index (χ1n) is 11.4. The summed E-state index contributed by atoms with van der Waals surface area (Å²) in [6.07, 6.45) is 0. The summed E-state index contributed by atoms with van der Waals surface area (Å²) in [5.74, 6) is 0.796. The standard InChI is InChI=1S/C28H25ClN4O2/c1-17-7-11-20(12-8-17)16-33-19(3)24(25(30-28(33)34)21-13-9-18(2)10-14-21)27-31-26(32-35-27)22-5-4-6-23(29)15-22/h4-15,25H,16H2,1-3H3,(H,30,34). The van der Waals surface area contributed by atoms with Crippen molar-refractivity contribution in [2.45, 2.75) is 33.4 Å². The fourth-order valence-corrected chi connectivity index (χ4v) is 4.40. The van der Waals surface area contributed by atoms with Gasteiger partial charge in [-0.25, -0.2) is 4.79 Å². The summed E-state index contributed by atoms with van der Waals surface area (Å²) in [7, 11) is 0. The molecule has 3 aromatic carbocycles. The average Bonchev–Trinajstić information content (AvgIpc) is 3.33. The van der Waals surface area contributed by atoms with Crippen LogP contribution in [0.3, 0.4) is 0 Å². The number of amides is 2. The van der Waals surface area contributed by atoms with Gasteiger partial charge in [-0.2, -0.15) is 4.98 Å². The van der Waals surface area contributed by atoms with Gasteiger partial charge in [-0.05, 0) is 44.0 Å². The molecule has 0 radical (unpaired) electrons. The molecular weight excluding hydrogens is 460 g/mol. The Hall–Kier alpha value is -3.90. The number of rotatable bonds is 5. The Morgan fingerprint density at radius 2 is 1.66 bits per heavy atom. The molecule has 0 saturated carbocycles. The summed E-state index contributed by atoms with van der Waals surface area (Å²) < 4.78 is 5.75. The lowest BCUT2D eigenvalue weighted by Crippen LogP contribution is -2.45. The molecule has 1 aliphatic heterocycles. The number of hydrogen-bond acceptors (Lipinski definition) is 4. The number of hydrogen-bond donors (Lipinski definition) is 1. The van der Waals surface area contributed by atoms with Crippen LogP contribution in [0.2, 0.25) is 5.02 Å². The van der Waals surface area contributed by atoms with Gasteiger partial charge in [0.1, 0.15) is 0 Å². The van der Waals surface area contributed by atoms with Gasteiger partial charge in [-0.1, -0.05) is 88.5 Å². The van der Waals surface area contributed by atoms with Gasteiger partial charge in [0, 0.05) is 16.3 Å². The largest absolute Gasteiger partial charge is 0.334 e. The minimum absolute atomic E-state index is 0.174. The van der Waals surface area contributed by atoms with E-state index in [4.69, 9.17) is 21.1 Å². The highest BCUT2D eigenvalue weighted by Crippen LogP contribution is 2.38. The molecule has 176 valence electrons. The van der Waals surface area contributed by atoms with Crippen LogP contribution in [0.15, 0.2) is 83.0 Å². The van der Waals surface area contributed by atoms with E-state index in [9.17, 15) is 4.79 Å². The van der Waals surface area contributed by atoms with E-state index in [-0.39, 0.29) is 6.03 Å². The van der Waals surface area contributed by atoms with Crippen LogP contribution in [-0.2, 0) is 6.54 Å². The van der Waals surface area contributed by atoms with Crippen molar-refractivity contribution in [3.63, 3.8) is 0 Å². The molecule has 4 aromatic rings. The minimum atomic E-state index is -0.426. The molecule has 1 N–H and O–H groups in total. The predicted octanol–water partition coefficient (Wildman–Crippen LogP) is 6.70. The molecule has 0 saturated heterocycles. The van der Waals surface area contributed by atoms with Crippen molar-refractivity contribution in [1.82, 2.24) is 20.4 Å². The second-order valence-electron chi connectivity index (χ2n) is 8.80. The van der Waals surface area contributed by atoms with Gasteiger partial charge in [-0.3, -0.25) is 4.90 Å². The Bertz CT molecular complexity index is 1410. The minimum Gasteiger partial charge on any atom is -0.334 e. The first-order chi connectivity index (χ1) is 16.9. The van der Waals surface area contributed by atoms with Gasteiger partial charge in [0.15, 0.2) is 0 Å². The summed E-state index contributed by atoms with van der Waals surface area (Å²) in [6, 6.07) is 22.9. The molecule has 5 rings (SSSR count). The van der Waals surface area contributed by atoms with E-state index in [1.54, 1.807) is 17.0 Å². The van der Waals surface area contributed by atoms with Crippen LogP contribution in [0, 0.1) is 13.8 Å². The molecule has 1 unspecified atom stereocenters. The molecular formula is C28H25ClN4O2. The fraction of sp³-hybridized carbons (Fsp3) is 0.179. The lowest BCUT2D eigenvalue weighted by Gasteiger charge is -2.35. The van der Waals surface area contributed by atoms with Crippen LogP contribution in [0.4, 0.5) is 4.79 Å². The molecule has 1 aromatic heterocycles. The van der Waals surface area contributed by atoms with E-state index in [1.165, 1.54) is 5.56 Å². The number of allylic oxidation sites excluding steroid dienone is 1. The van der Waals surface area contributed by atoms with Gasteiger partial charge in [-0.15, -0.1) is 0 Å². The number of carbonyl (C=O) groups is 1. The van der Waals surface area contributed by atoms with E-state index in [1.807, 2.05) is 81.4 Å². The molecule has 2 amide bonds. The van der Waals surface area contributed by atoms with Gasteiger partial charge in [0.05, 0.1) is 18.2 Å². The Morgan fingerprint density at radius 3 is 2.34 bits per heavy atom. The van der Waals surface area contributed by atoms with Crippen molar-refractivity contribution in [3.8, 4) is 11.4 Å². The summed E-state index contributed by atoms with van der Waals surface area (Å²) in [5.41, 5.74) is 6.57. The zero-order chi connectivity index (χ0) is 24.5. The Balaban J connectivity index is 1.59. The number of nitrogens with one attached hydrogen (secondary N) is 1. The molecule has 0 spiro atoms. The van der Waals surface area contributed by atoms with Gasteiger partial charge in [0.2, 0.25) is 5.82 Å². The third kappa shape index (κ3) is 4.70. The molecule has 1 atom stereocenters. The highest BCUT2D eigenvalue weighted by molar-refractivity contribution is 6.30. The molecule has 0 fully saturated rings. The second-order valence-corrected chi connectivity index (χ2v) is 9.23. The van der Waals surface area contributed by atoms with Gasteiger partial charge < -0.3 is 9.84 Å². The molecule has 0 bridgehead atoms. The topological polar surface area (TPSA) is 71.3 Å². The molecule has 6 nitrogen and oxygen atoms in total. The van der Waals surface area contributed by atoms with Gasteiger partial charge in [0.25, 0.3) is 5.89 Å². The smallest absolute Gasteiger partial charge is 0.322 e. The van der Waals surface area contributed by atoms with Crippen LogP contribution < -0.4 is 5.32 Å². The molecule has 2 heterocycles. The highest BCUT2D eigenvalue weighted by Gasteiger charge is 2.35. The Morgan fingerprint density at radius 1 is 0.971 bits per heavy atom. The quantitative estimate of drug-likeness (QED) is 0.342. The number of aryl methyl sites for hydroxylation is 2. The molecule has 1 aliphatic rings. The van der Waals surface area contributed by atoms with Crippen molar-refractivity contribution >= 4 is 23.2 Å². The van der Waals surface area contributed by atoms with E-state index >= 15 is 0 Å². The molecule has 35 heavy (non-hydrogen) atoms. The van der Waals surface area contributed by atoms with Crippen molar-refractivity contribution < 1.29 is 9.32 Å². The first kappa shape index (κ1) is 22.9. The summed E-state index contributed by atoms with van der Waals surface area (Å²) >= 11 is 6.16. The van der Waals surface area contributed by atoms with Crippen LogP contribution in [-0.4, -0.2) is 21.1 Å². The third-order valence-corrected chi connectivity index (χ3v) is 6.44. The van der Waals surface area contributed by atoms with Crippen LogP contribution >= 0.6 is 11.6 Å². The third-order valence-electron chi connectivity index (χ3n) is 6.21.